The standard InChI is InChI=1S/C37H46FN3O8.ClH/c1-4-41-25-17-26(40-13-11-39-12-14-40)24(38)16-22(25)31(44)28(34(47)48)30(41)32(45)33(46)37(49)10-8-23-21-6-5-19-15-20(42)7-9-35(19,2)29(21)27(43)18-36(23,37)3;/h15-17,21,23,27,29,32,39,43,45,49H,4-14,18H2,1-3H3,(H,47,48);1H/t21-,23-,27-,29+,32?,35-,36-,37-;/m0./s1. The lowest BCUT2D eigenvalue weighted by Crippen LogP contribution is -2.62. The molecule has 4 fully saturated rings. The van der Waals surface area contributed by atoms with Gasteiger partial charge in [0.25, 0.3) is 0 Å². The van der Waals surface area contributed by atoms with E-state index in [2.05, 4.69) is 12.2 Å². The molecule has 1 aliphatic heterocycles. The number of aliphatic hydroxyl groups excluding tert-OH is 2. The van der Waals surface area contributed by atoms with E-state index in [1.54, 1.807) is 19.9 Å². The van der Waals surface area contributed by atoms with E-state index in [9.17, 15) is 39.6 Å². The van der Waals surface area contributed by atoms with Crippen molar-refractivity contribution in [3.63, 3.8) is 0 Å². The summed E-state index contributed by atoms with van der Waals surface area (Å²) in [7, 11) is 0. The van der Waals surface area contributed by atoms with Gasteiger partial charge in [-0.3, -0.25) is 14.4 Å². The molecular formula is C37H47ClFN3O8. The highest BCUT2D eigenvalue weighted by Gasteiger charge is 2.69. The van der Waals surface area contributed by atoms with Crippen molar-refractivity contribution in [1.82, 2.24) is 9.88 Å². The quantitative estimate of drug-likeness (QED) is 0.298. The van der Waals surface area contributed by atoms with Crippen molar-refractivity contribution in [3.05, 3.63) is 51.1 Å². The smallest absolute Gasteiger partial charge is 0.341 e. The number of ketones is 2. The molecule has 1 unspecified atom stereocenters. The van der Waals surface area contributed by atoms with Gasteiger partial charge in [-0.25, -0.2) is 9.18 Å². The van der Waals surface area contributed by atoms with E-state index in [1.165, 1.54) is 10.6 Å². The lowest BCUT2D eigenvalue weighted by atomic mass is 9.45. The third-order valence-corrected chi connectivity index (χ3v) is 13.3. The zero-order valence-electron chi connectivity index (χ0n) is 28.7. The Morgan fingerprint density at radius 2 is 1.80 bits per heavy atom. The summed E-state index contributed by atoms with van der Waals surface area (Å²) in [5.41, 5.74) is -4.50. The molecule has 1 saturated heterocycles. The van der Waals surface area contributed by atoms with Gasteiger partial charge in [0.05, 0.1) is 23.0 Å². The summed E-state index contributed by atoms with van der Waals surface area (Å²) >= 11 is 0. The third kappa shape index (κ3) is 5.11. The van der Waals surface area contributed by atoms with Gasteiger partial charge >= 0.3 is 5.97 Å². The van der Waals surface area contributed by atoms with Crippen LogP contribution in [0.2, 0.25) is 0 Å². The SMILES string of the molecule is CCn1c(C(O)C(=O)[C@@]2(O)CC[C@H]3[C@@H]4CCC5=CC(=O)CC[C@]5(C)[C@H]4[C@@H](O)C[C@@]32C)c(C(=O)O)c(=O)c2cc(F)c(N3CCNCC3)cc21.Cl. The highest BCUT2D eigenvalue weighted by molar-refractivity contribution is 6.00. The molecule has 5 N–H and O–H groups in total. The molecule has 2 aromatic rings. The number of pyridine rings is 1. The number of hydrogen-bond acceptors (Lipinski definition) is 9. The number of rotatable bonds is 6. The molecule has 11 nitrogen and oxygen atoms in total. The zero-order valence-corrected chi connectivity index (χ0v) is 29.5. The second-order valence-electron chi connectivity index (χ2n) is 15.4. The van der Waals surface area contributed by atoms with Crippen LogP contribution in [0.15, 0.2) is 28.6 Å². The van der Waals surface area contributed by atoms with Crippen LogP contribution in [0.5, 0.6) is 0 Å². The van der Waals surface area contributed by atoms with Crippen molar-refractivity contribution in [2.75, 3.05) is 31.1 Å². The van der Waals surface area contributed by atoms with E-state index in [-0.39, 0.29) is 77.3 Å². The molecule has 13 heteroatoms. The number of Topliss-reactive ketones (excluding diaryl/α,β-unsaturated/α-hetero) is 1. The number of aromatic carboxylic acids is 1. The number of nitrogens with one attached hydrogen (secondary N) is 1. The summed E-state index contributed by atoms with van der Waals surface area (Å²) in [5.74, 6) is -3.64. The van der Waals surface area contributed by atoms with Crippen LogP contribution in [-0.4, -0.2) is 80.4 Å². The highest BCUT2D eigenvalue weighted by atomic mass is 35.5. The van der Waals surface area contributed by atoms with Crippen molar-refractivity contribution in [2.24, 2.45) is 28.6 Å². The van der Waals surface area contributed by atoms with Gasteiger partial charge < -0.3 is 35.2 Å². The first-order valence-electron chi connectivity index (χ1n) is 17.6. The van der Waals surface area contributed by atoms with E-state index in [0.717, 1.165) is 11.6 Å². The molecule has 0 radical (unpaired) electrons. The third-order valence-electron chi connectivity index (χ3n) is 13.3. The van der Waals surface area contributed by atoms with E-state index in [1.807, 2.05) is 4.90 Å². The summed E-state index contributed by atoms with van der Waals surface area (Å²) in [6.07, 6.45) is 1.65. The number of nitrogens with zero attached hydrogens (tertiary/aromatic N) is 2. The van der Waals surface area contributed by atoms with Gasteiger partial charge in [0.15, 0.2) is 17.7 Å². The predicted molar refractivity (Wildman–Crippen MR) is 186 cm³/mol. The maximum Gasteiger partial charge on any atom is 0.341 e. The fraction of sp³-hybridized carbons (Fsp3) is 0.622. The summed E-state index contributed by atoms with van der Waals surface area (Å²) in [6.45, 7) is 7.88. The lowest BCUT2D eigenvalue weighted by molar-refractivity contribution is -0.186. The Morgan fingerprint density at radius 1 is 1.10 bits per heavy atom. The molecule has 1 aromatic heterocycles. The number of aromatic nitrogens is 1. The Labute approximate surface area is 295 Å². The zero-order chi connectivity index (χ0) is 35.2. The van der Waals surface area contributed by atoms with Crippen LogP contribution >= 0.6 is 12.4 Å². The number of hydrogen-bond donors (Lipinski definition) is 5. The molecular weight excluding hydrogens is 669 g/mol. The lowest BCUT2D eigenvalue weighted by Gasteiger charge is -2.60. The van der Waals surface area contributed by atoms with Crippen molar-refractivity contribution in [1.29, 1.82) is 0 Å². The highest BCUT2D eigenvalue weighted by Crippen LogP contribution is 2.68. The minimum atomic E-state index is -2.19. The average molecular weight is 716 g/mol. The van der Waals surface area contributed by atoms with Gasteiger partial charge in [0.2, 0.25) is 5.43 Å². The molecule has 2 heterocycles. The molecule has 8 atom stereocenters. The summed E-state index contributed by atoms with van der Waals surface area (Å²) in [4.78, 5) is 55.1. The molecule has 272 valence electrons. The minimum absolute atomic E-state index is 0. The van der Waals surface area contributed by atoms with Crippen LogP contribution in [0, 0.1) is 34.4 Å². The number of allylic oxidation sites excluding steroid dienone is 1. The predicted octanol–water partition coefficient (Wildman–Crippen LogP) is 3.53. The first kappa shape index (κ1) is 36.6. The van der Waals surface area contributed by atoms with E-state index >= 15 is 4.39 Å². The largest absolute Gasteiger partial charge is 0.477 e. The minimum Gasteiger partial charge on any atom is -0.477 e. The number of carboxylic acids is 1. The number of aliphatic hydroxyl groups is 3. The van der Waals surface area contributed by atoms with Crippen LogP contribution in [0.1, 0.15) is 87.9 Å². The molecule has 4 aliphatic carbocycles. The average Bonchev–Trinajstić information content (AvgIpc) is 3.34. The molecule has 0 amide bonds. The molecule has 1 aromatic carbocycles. The Kier molecular flexibility index (Phi) is 9.38. The number of aryl methyl sites for hydroxylation is 1. The van der Waals surface area contributed by atoms with Crippen LogP contribution < -0.4 is 15.6 Å². The number of benzene rings is 1. The number of piperazine rings is 1. The van der Waals surface area contributed by atoms with Gasteiger partial charge in [-0.1, -0.05) is 19.4 Å². The van der Waals surface area contributed by atoms with Gasteiger partial charge in [-0.2, -0.15) is 0 Å². The Bertz CT molecular complexity index is 1860. The maximum absolute atomic E-state index is 15.4. The Hall–Kier alpha value is -3.16. The second-order valence-corrected chi connectivity index (χ2v) is 15.4. The van der Waals surface area contributed by atoms with E-state index in [0.29, 0.717) is 58.3 Å². The first-order valence-corrected chi connectivity index (χ1v) is 17.6. The summed E-state index contributed by atoms with van der Waals surface area (Å²) < 4.78 is 16.8. The fourth-order valence-corrected chi connectivity index (χ4v) is 10.9. The van der Waals surface area contributed by atoms with E-state index < -0.39 is 57.5 Å². The molecule has 50 heavy (non-hydrogen) atoms. The topological polar surface area (TPSA) is 169 Å². The van der Waals surface area contributed by atoms with Crippen LogP contribution in [0.25, 0.3) is 10.9 Å². The van der Waals surface area contributed by atoms with Crippen molar-refractivity contribution < 1.29 is 39.2 Å². The molecule has 0 bridgehead atoms. The van der Waals surface area contributed by atoms with Crippen LogP contribution in [0.3, 0.4) is 0 Å². The summed E-state index contributed by atoms with van der Waals surface area (Å²) in [5, 5.41) is 49.5. The maximum atomic E-state index is 15.4. The van der Waals surface area contributed by atoms with Crippen LogP contribution in [-0.2, 0) is 16.1 Å². The van der Waals surface area contributed by atoms with Crippen LogP contribution in [0.4, 0.5) is 10.1 Å². The Morgan fingerprint density at radius 3 is 2.46 bits per heavy atom. The van der Waals surface area contributed by atoms with Gasteiger partial charge in [-0.15, -0.1) is 12.4 Å². The molecule has 5 aliphatic rings. The fourth-order valence-electron chi connectivity index (χ4n) is 10.9. The first-order chi connectivity index (χ1) is 23.2. The van der Waals surface area contributed by atoms with Gasteiger partial charge in [-0.05, 0) is 86.8 Å². The number of carbonyl (C=O) groups is 3. The summed E-state index contributed by atoms with van der Waals surface area (Å²) in [6, 6.07) is 2.49. The number of anilines is 1. The van der Waals surface area contributed by atoms with Gasteiger partial charge in [0.1, 0.15) is 17.0 Å². The number of carboxylic acid groups (broad SMARTS) is 1. The van der Waals surface area contributed by atoms with Crippen molar-refractivity contribution in [2.45, 2.75) is 90.1 Å². The number of carbonyl (C=O) groups excluding carboxylic acids is 2. The van der Waals surface area contributed by atoms with Crippen molar-refractivity contribution >= 4 is 46.5 Å². The van der Waals surface area contributed by atoms with Crippen molar-refractivity contribution in [3.8, 4) is 0 Å². The Balaban J connectivity index is 0.00000432. The number of fused-ring (bicyclic) bond motifs is 6. The van der Waals surface area contributed by atoms with Gasteiger partial charge in [0, 0.05) is 49.9 Å². The number of halogens is 2. The molecule has 7 rings (SSSR count). The van der Waals surface area contributed by atoms with E-state index in [4.69, 9.17) is 0 Å². The molecule has 0 spiro atoms. The normalized spacial score (nSPS) is 34.3. The second kappa shape index (κ2) is 12.8. The molecule has 3 saturated carbocycles. The monoisotopic (exact) mass is 715 g/mol.